The van der Waals surface area contributed by atoms with Gasteiger partial charge in [-0.05, 0) is 24.3 Å². The van der Waals surface area contributed by atoms with Gasteiger partial charge >= 0.3 is 0 Å². The number of benzene rings is 2. The molecule has 1 aromatic heterocycles. The minimum atomic E-state index is -0.707. The smallest absolute Gasteiger partial charge is 0.203 e. The Kier molecular flexibility index (Phi) is 5.57. The Bertz CT molecular complexity index is 782. The third-order valence-electron chi connectivity index (χ3n) is 3.59. The van der Waals surface area contributed by atoms with E-state index < -0.39 is 6.10 Å². The molecule has 1 heterocycles. The van der Waals surface area contributed by atoms with Gasteiger partial charge in [0, 0.05) is 6.54 Å². The van der Waals surface area contributed by atoms with E-state index in [0.29, 0.717) is 23.8 Å². The fourth-order valence-corrected chi connectivity index (χ4v) is 3.22. The number of fused-ring (bicyclic) bond motifs is 1. The maximum absolute atomic E-state index is 10.2. The van der Waals surface area contributed by atoms with E-state index in [2.05, 4.69) is 10.3 Å². The average molecular weight is 360 g/mol. The Morgan fingerprint density at radius 3 is 2.48 bits per heavy atom. The van der Waals surface area contributed by atoms with Crippen molar-refractivity contribution < 1.29 is 19.3 Å². The zero-order chi connectivity index (χ0) is 17.6. The number of rotatable bonds is 8. The minimum absolute atomic E-state index is 0.106. The fraction of sp³-hybridized carbons (Fsp3) is 0.278. The van der Waals surface area contributed by atoms with Gasteiger partial charge in [0.05, 0.1) is 24.4 Å². The van der Waals surface area contributed by atoms with Crippen molar-refractivity contribution in [2.24, 2.45) is 0 Å². The van der Waals surface area contributed by atoms with Crippen molar-refractivity contribution in [3.63, 3.8) is 0 Å². The first-order valence-electron chi connectivity index (χ1n) is 7.82. The van der Waals surface area contributed by atoms with E-state index in [9.17, 15) is 5.11 Å². The molecule has 0 amide bonds. The van der Waals surface area contributed by atoms with E-state index >= 15 is 0 Å². The standard InChI is InChI=1S/C18H20N2O4S/c1-22-14-7-5-8-15(23-2)17(14)24-11-12(21)10-19-18-20-13-6-3-4-9-16(13)25-18/h3-9,12,21H,10-11H2,1-2H3,(H,19,20). The number of hydrogen-bond acceptors (Lipinski definition) is 7. The molecular formula is C18H20N2O4S. The van der Waals surface area contributed by atoms with Crippen molar-refractivity contribution >= 4 is 26.7 Å². The van der Waals surface area contributed by atoms with Crippen molar-refractivity contribution in [1.29, 1.82) is 0 Å². The van der Waals surface area contributed by atoms with E-state index in [1.165, 1.54) is 0 Å². The number of aliphatic hydroxyl groups excluding tert-OH is 1. The quantitative estimate of drug-likeness (QED) is 0.643. The van der Waals surface area contributed by atoms with Gasteiger partial charge in [0.1, 0.15) is 12.7 Å². The normalized spacial score (nSPS) is 12.0. The molecule has 2 N–H and O–H groups in total. The summed E-state index contributed by atoms with van der Waals surface area (Å²) in [7, 11) is 3.12. The van der Waals surface area contributed by atoms with E-state index in [1.807, 2.05) is 30.3 Å². The van der Waals surface area contributed by atoms with Crippen LogP contribution in [0.1, 0.15) is 0 Å². The average Bonchev–Trinajstić information content (AvgIpc) is 3.07. The van der Waals surface area contributed by atoms with E-state index in [1.54, 1.807) is 37.7 Å². The molecule has 25 heavy (non-hydrogen) atoms. The van der Waals surface area contributed by atoms with Gasteiger partial charge < -0.3 is 24.6 Å². The zero-order valence-electron chi connectivity index (χ0n) is 14.1. The van der Waals surface area contributed by atoms with Gasteiger partial charge in [-0.2, -0.15) is 0 Å². The molecule has 3 rings (SSSR count). The highest BCUT2D eigenvalue weighted by atomic mass is 32.1. The highest BCUT2D eigenvalue weighted by molar-refractivity contribution is 7.22. The lowest BCUT2D eigenvalue weighted by Gasteiger charge is -2.16. The summed E-state index contributed by atoms with van der Waals surface area (Å²) >= 11 is 1.55. The second kappa shape index (κ2) is 8.04. The molecule has 3 aromatic rings. The highest BCUT2D eigenvalue weighted by Gasteiger charge is 2.14. The number of nitrogens with one attached hydrogen (secondary N) is 1. The molecule has 0 aliphatic carbocycles. The molecule has 1 unspecified atom stereocenters. The molecule has 1 atom stereocenters. The second-order valence-electron chi connectivity index (χ2n) is 5.32. The molecule has 6 nitrogen and oxygen atoms in total. The van der Waals surface area contributed by atoms with Crippen LogP contribution in [-0.4, -0.2) is 43.6 Å². The number of thiazole rings is 1. The lowest BCUT2D eigenvalue weighted by Crippen LogP contribution is -2.26. The summed E-state index contributed by atoms with van der Waals surface area (Å²) in [6, 6.07) is 13.3. The van der Waals surface area contributed by atoms with Crippen LogP contribution >= 0.6 is 11.3 Å². The molecule has 0 radical (unpaired) electrons. The Hall–Kier alpha value is -2.51. The van der Waals surface area contributed by atoms with Gasteiger partial charge in [-0.25, -0.2) is 4.98 Å². The van der Waals surface area contributed by atoms with Crippen LogP contribution in [-0.2, 0) is 0 Å². The summed E-state index contributed by atoms with van der Waals surface area (Å²) in [5.41, 5.74) is 0.944. The van der Waals surface area contributed by atoms with Crippen molar-refractivity contribution in [2.75, 3.05) is 32.7 Å². The summed E-state index contributed by atoms with van der Waals surface area (Å²) in [5.74, 6) is 1.60. The number of ether oxygens (including phenoxy) is 3. The largest absolute Gasteiger partial charge is 0.493 e. The van der Waals surface area contributed by atoms with Crippen LogP contribution in [0.5, 0.6) is 17.2 Å². The molecule has 2 aromatic carbocycles. The van der Waals surface area contributed by atoms with Gasteiger partial charge in [-0.15, -0.1) is 0 Å². The summed E-state index contributed by atoms with van der Waals surface area (Å²) in [5, 5.41) is 14.1. The first-order chi connectivity index (χ1) is 12.2. The number of methoxy groups -OCH3 is 2. The molecule has 0 aliphatic rings. The predicted molar refractivity (Wildman–Crippen MR) is 99.2 cm³/mol. The molecule has 0 saturated carbocycles. The van der Waals surface area contributed by atoms with Crippen LogP contribution in [0.25, 0.3) is 10.2 Å². The van der Waals surface area contributed by atoms with Gasteiger partial charge in [0.2, 0.25) is 5.75 Å². The monoisotopic (exact) mass is 360 g/mol. The lowest BCUT2D eigenvalue weighted by molar-refractivity contribution is 0.113. The van der Waals surface area contributed by atoms with Crippen molar-refractivity contribution in [2.45, 2.75) is 6.10 Å². The van der Waals surface area contributed by atoms with Crippen molar-refractivity contribution in [3.05, 3.63) is 42.5 Å². The van der Waals surface area contributed by atoms with Crippen LogP contribution in [0.15, 0.2) is 42.5 Å². The summed E-state index contributed by atoms with van der Waals surface area (Å²) in [6.45, 7) is 0.436. The number of anilines is 1. The topological polar surface area (TPSA) is 72.8 Å². The van der Waals surface area contributed by atoms with Gasteiger partial charge in [0.15, 0.2) is 16.6 Å². The van der Waals surface area contributed by atoms with E-state index in [0.717, 1.165) is 15.3 Å². The summed E-state index contributed by atoms with van der Waals surface area (Å²) in [4.78, 5) is 4.47. The van der Waals surface area contributed by atoms with Crippen LogP contribution in [0, 0.1) is 0 Å². The first-order valence-corrected chi connectivity index (χ1v) is 8.64. The van der Waals surface area contributed by atoms with E-state index in [-0.39, 0.29) is 6.61 Å². The molecule has 0 spiro atoms. The molecular weight excluding hydrogens is 340 g/mol. The SMILES string of the molecule is COc1cccc(OC)c1OCC(O)CNc1nc2ccccc2s1. The van der Waals surface area contributed by atoms with Crippen molar-refractivity contribution in [3.8, 4) is 17.2 Å². The van der Waals surface area contributed by atoms with Gasteiger partial charge in [-0.3, -0.25) is 0 Å². The van der Waals surface area contributed by atoms with Gasteiger partial charge in [-0.1, -0.05) is 29.5 Å². The number of para-hydroxylation sites is 2. The third kappa shape index (κ3) is 4.12. The number of aliphatic hydroxyl groups is 1. The van der Waals surface area contributed by atoms with E-state index in [4.69, 9.17) is 14.2 Å². The third-order valence-corrected chi connectivity index (χ3v) is 4.58. The fourth-order valence-electron chi connectivity index (χ4n) is 2.35. The summed E-state index contributed by atoms with van der Waals surface area (Å²) < 4.78 is 17.4. The Morgan fingerprint density at radius 1 is 1.08 bits per heavy atom. The number of aromatic nitrogens is 1. The molecule has 7 heteroatoms. The predicted octanol–water partition coefficient (Wildman–Crippen LogP) is 3.17. The molecule has 0 aliphatic heterocycles. The maximum atomic E-state index is 10.2. The lowest BCUT2D eigenvalue weighted by atomic mass is 10.3. The Balaban J connectivity index is 1.57. The molecule has 0 saturated heterocycles. The summed E-state index contributed by atoms with van der Waals surface area (Å²) in [6.07, 6.45) is -0.707. The van der Waals surface area contributed by atoms with Gasteiger partial charge in [0.25, 0.3) is 0 Å². The Morgan fingerprint density at radius 2 is 1.80 bits per heavy atom. The van der Waals surface area contributed by atoms with Crippen molar-refractivity contribution in [1.82, 2.24) is 4.98 Å². The maximum Gasteiger partial charge on any atom is 0.203 e. The van der Waals surface area contributed by atoms with Crippen LogP contribution in [0.3, 0.4) is 0 Å². The number of hydrogen-bond donors (Lipinski definition) is 2. The molecule has 132 valence electrons. The first kappa shape index (κ1) is 17.3. The van der Waals surface area contributed by atoms with Crippen LogP contribution in [0.2, 0.25) is 0 Å². The second-order valence-corrected chi connectivity index (χ2v) is 6.35. The molecule has 0 bridgehead atoms. The number of nitrogens with zero attached hydrogens (tertiary/aromatic N) is 1. The highest BCUT2D eigenvalue weighted by Crippen LogP contribution is 2.36. The molecule has 0 fully saturated rings. The zero-order valence-corrected chi connectivity index (χ0v) is 14.9. The van der Waals surface area contributed by atoms with Crippen LogP contribution in [0.4, 0.5) is 5.13 Å². The van der Waals surface area contributed by atoms with Crippen LogP contribution < -0.4 is 19.5 Å². The minimum Gasteiger partial charge on any atom is -0.493 e. The Labute approximate surface area is 150 Å².